The van der Waals surface area contributed by atoms with E-state index in [-0.39, 0.29) is 29.5 Å². The van der Waals surface area contributed by atoms with E-state index in [4.69, 9.17) is 0 Å². The number of nitrogens with zero attached hydrogens (tertiary/aromatic N) is 1. The number of non-ortho nitro benzene ring substituents is 1. The fourth-order valence-electron chi connectivity index (χ4n) is 2.08. The van der Waals surface area contributed by atoms with Gasteiger partial charge in [0.15, 0.2) is 0 Å². The van der Waals surface area contributed by atoms with Gasteiger partial charge in [-0.15, -0.1) is 0 Å². The number of rotatable bonds is 7. The van der Waals surface area contributed by atoms with Crippen molar-refractivity contribution in [1.29, 1.82) is 0 Å². The Morgan fingerprint density at radius 2 is 1.84 bits per heavy atom. The molecule has 0 saturated carbocycles. The van der Waals surface area contributed by atoms with Crippen LogP contribution in [-0.2, 0) is 14.8 Å². The molecule has 0 bridgehead atoms. The van der Waals surface area contributed by atoms with Crippen molar-refractivity contribution in [3.63, 3.8) is 0 Å². The first-order valence-electron chi connectivity index (χ1n) is 7.38. The normalized spacial score (nSPS) is 11.1. The fourth-order valence-corrected chi connectivity index (χ4v) is 3.11. The van der Waals surface area contributed by atoms with Gasteiger partial charge in [-0.25, -0.2) is 13.1 Å². The largest absolute Gasteiger partial charge is 0.326 e. The highest BCUT2D eigenvalue weighted by Gasteiger charge is 2.16. The molecular formula is C16H17N3O5S. The van der Waals surface area contributed by atoms with Crippen molar-refractivity contribution in [2.75, 3.05) is 11.9 Å². The standard InChI is InChI=1S/C16H17N3O5S/c1-12-3-2-4-13(11-12)18-16(20)9-10-17-25(23,24)15-7-5-14(6-8-15)19(21)22/h2-8,11,17H,9-10H2,1H3,(H,18,20). The maximum absolute atomic E-state index is 12.1. The van der Waals surface area contributed by atoms with Crippen LogP contribution < -0.4 is 10.0 Å². The minimum Gasteiger partial charge on any atom is -0.326 e. The highest BCUT2D eigenvalue weighted by Crippen LogP contribution is 2.15. The highest BCUT2D eigenvalue weighted by molar-refractivity contribution is 7.89. The molecule has 9 heteroatoms. The second-order valence-corrected chi connectivity index (χ2v) is 7.08. The van der Waals surface area contributed by atoms with Crippen molar-refractivity contribution in [3.05, 3.63) is 64.2 Å². The van der Waals surface area contributed by atoms with Gasteiger partial charge in [-0.2, -0.15) is 0 Å². The Balaban J connectivity index is 1.89. The summed E-state index contributed by atoms with van der Waals surface area (Å²) in [5.74, 6) is -0.322. The van der Waals surface area contributed by atoms with Crippen LogP contribution in [0.5, 0.6) is 0 Å². The predicted octanol–water partition coefficient (Wildman–Crippen LogP) is 2.21. The summed E-state index contributed by atoms with van der Waals surface area (Å²) in [5.41, 5.74) is 1.44. The van der Waals surface area contributed by atoms with Gasteiger partial charge in [-0.1, -0.05) is 12.1 Å². The molecule has 0 atom stereocenters. The number of anilines is 1. The number of carbonyl (C=O) groups is 1. The number of hydrogen-bond acceptors (Lipinski definition) is 5. The van der Waals surface area contributed by atoms with E-state index in [0.29, 0.717) is 5.69 Å². The Morgan fingerprint density at radius 3 is 2.44 bits per heavy atom. The van der Waals surface area contributed by atoms with Crippen molar-refractivity contribution >= 4 is 27.3 Å². The maximum Gasteiger partial charge on any atom is 0.269 e. The van der Waals surface area contributed by atoms with E-state index in [1.54, 1.807) is 12.1 Å². The molecule has 2 aromatic carbocycles. The highest BCUT2D eigenvalue weighted by atomic mass is 32.2. The average molecular weight is 363 g/mol. The molecule has 0 aliphatic rings. The number of amides is 1. The van der Waals surface area contributed by atoms with E-state index < -0.39 is 14.9 Å². The molecule has 0 aliphatic heterocycles. The second-order valence-electron chi connectivity index (χ2n) is 5.32. The minimum atomic E-state index is -3.83. The molecule has 0 radical (unpaired) electrons. The first kappa shape index (κ1) is 18.6. The monoisotopic (exact) mass is 363 g/mol. The molecule has 132 valence electrons. The van der Waals surface area contributed by atoms with Crippen LogP contribution >= 0.6 is 0 Å². The zero-order chi connectivity index (χ0) is 18.4. The molecule has 0 aliphatic carbocycles. The van der Waals surface area contributed by atoms with Crippen molar-refractivity contribution in [2.45, 2.75) is 18.2 Å². The van der Waals surface area contributed by atoms with Crippen LogP contribution in [0.2, 0.25) is 0 Å². The van der Waals surface area contributed by atoms with Gasteiger partial charge in [0.2, 0.25) is 15.9 Å². The maximum atomic E-state index is 12.1. The van der Waals surface area contributed by atoms with E-state index in [2.05, 4.69) is 10.0 Å². The smallest absolute Gasteiger partial charge is 0.269 e. The molecule has 0 fully saturated rings. The van der Waals surface area contributed by atoms with Crippen LogP contribution in [0.3, 0.4) is 0 Å². The number of sulfonamides is 1. The van der Waals surface area contributed by atoms with Crippen LogP contribution in [0.1, 0.15) is 12.0 Å². The van der Waals surface area contributed by atoms with Crippen molar-refractivity contribution in [2.24, 2.45) is 0 Å². The SMILES string of the molecule is Cc1cccc(NC(=O)CCNS(=O)(=O)c2ccc([N+](=O)[O-])cc2)c1. The quantitative estimate of drug-likeness (QED) is 0.577. The number of hydrogen-bond donors (Lipinski definition) is 2. The molecule has 8 nitrogen and oxygen atoms in total. The minimum absolute atomic E-state index is 0.0415. The number of nitrogens with one attached hydrogen (secondary N) is 2. The van der Waals surface area contributed by atoms with Gasteiger partial charge in [0.05, 0.1) is 9.82 Å². The molecule has 2 rings (SSSR count). The fraction of sp³-hybridized carbons (Fsp3) is 0.188. The number of carbonyl (C=O) groups excluding carboxylic acids is 1. The first-order chi connectivity index (χ1) is 11.8. The topological polar surface area (TPSA) is 118 Å². The molecule has 0 heterocycles. The van der Waals surface area contributed by atoms with E-state index in [0.717, 1.165) is 29.8 Å². The number of benzene rings is 2. The van der Waals surface area contributed by atoms with E-state index in [9.17, 15) is 23.3 Å². The predicted molar refractivity (Wildman–Crippen MR) is 92.7 cm³/mol. The molecule has 0 saturated heterocycles. The molecule has 2 N–H and O–H groups in total. The van der Waals surface area contributed by atoms with Gasteiger partial charge in [0, 0.05) is 30.8 Å². The van der Waals surface area contributed by atoms with Gasteiger partial charge >= 0.3 is 0 Å². The Hall–Kier alpha value is -2.78. The van der Waals surface area contributed by atoms with Crippen LogP contribution in [0.15, 0.2) is 53.4 Å². The second kappa shape index (κ2) is 7.86. The first-order valence-corrected chi connectivity index (χ1v) is 8.87. The van der Waals surface area contributed by atoms with E-state index in [1.165, 1.54) is 0 Å². The number of aryl methyl sites for hydroxylation is 1. The zero-order valence-electron chi connectivity index (χ0n) is 13.4. The summed E-state index contributed by atoms with van der Waals surface area (Å²) in [7, 11) is -3.83. The summed E-state index contributed by atoms with van der Waals surface area (Å²) < 4.78 is 26.5. The summed E-state index contributed by atoms with van der Waals surface area (Å²) in [6, 6.07) is 11.8. The molecule has 2 aromatic rings. The van der Waals surface area contributed by atoms with Crippen molar-refractivity contribution in [1.82, 2.24) is 4.72 Å². The molecular weight excluding hydrogens is 346 g/mol. The summed E-state index contributed by atoms with van der Waals surface area (Å²) in [4.78, 5) is 21.7. The van der Waals surface area contributed by atoms with Crippen LogP contribution in [0, 0.1) is 17.0 Å². The van der Waals surface area contributed by atoms with Crippen LogP contribution in [0.25, 0.3) is 0 Å². The molecule has 0 spiro atoms. The van der Waals surface area contributed by atoms with E-state index in [1.807, 2.05) is 19.1 Å². The Bertz CT molecular complexity index is 879. The van der Waals surface area contributed by atoms with Gasteiger partial charge in [-0.05, 0) is 36.8 Å². The Morgan fingerprint density at radius 1 is 1.16 bits per heavy atom. The third-order valence-electron chi connectivity index (χ3n) is 3.30. The van der Waals surface area contributed by atoms with Gasteiger partial charge in [-0.3, -0.25) is 14.9 Å². The lowest BCUT2D eigenvalue weighted by Gasteiger charge is -2.08. The lowest BCUT2D eigenvalue weighted by molar-refractivity contribution is -0.384. The summed E-state index contributed by atoms with van der Waals surface area (Å²) in [5, 5.41) is 13.3. The summed E-state index contributed by atoms with van der Waals surface area (Å²) in [6.45, 7) is 1.81. The Kier molecular flexibility index (Phi) is 5.84. The van der Waals surface area contributed by atoms with E-state index >= 15 is 0 Å². The van der Waals surface area contributed by atoms with Gasteiger partial charge in [0.1, 0.15) is 0 Å². The lowest BCUT2D eigenvalue weighted by atomic mass is 10.2. The lowest BCUT2D eigenvalue weighted by Crippen LogP contribution is -2.27. The van der Waals surface area contributed by atoms with Gasteiger partial charge < -0.3 is 5.32 Å². The van der Waals surface area contributed by atoms with Crippen molar-refractivity contribution in [3.8, 4) is 0 Å². The third kappa shape index (κ3) is 5.37. The molecule has 25 heavy (non-hydrogen) atoms. The summed E-state index contributed by atoms with van der Waals surface area (Å²) >= 11 is 0. The number of nitro groups is 1. The molecule has 0 aromatic heterocycles. The van der Waals surface area contributed by atoms with Crippen LogP contribution in [-0.4, -0.2) is 25.8 Å². The Labute approximate surface area is 145 Å². The third-order valence-corrected chi connectivity index (χ3v) is 4.78. The van der Waals surface area contributed by atoms with Crippen molar-refractivity contribution < 1.29 is 18.1 Å². The average Bonchev–Trinajstić information content (AvgIpc) is 2.54. The van der Waals surface area contributed by atoms with Gasteiger partial charge in [0.25, 0.3) is 5.69 Å². The summed E-state index contributed by atoms with van der Waals surface area (Å²) in [6.07, 6.45) is -0.0415. The molecule has 1 amide bonds. The zero-order valence-corrected chi connectivity index (χ0v) is 14.2. The van der Waals surface area contributed by atoms with Crippen LogP contribution in [0.4, 0.5) is 11.4 Å². The number of nitro benzene ring substituents is 1. The molecule has 0 unspecified atom stereocenters.